The normalized spacial score (nSPS) is 10.8. The van der Waals surface area contributed by atoms with E-state index in [2.05, 4.69) is 13.8 Å². The molecule has 0 nitrogen and oxygen atoms in total. The summed E-state index contributed by atoms with van der Waals surface area (Å²) in [5.41, 5.74) is 0. The summed E-state index contributed by atoms with van der Waals surface area (Å²) in [5, 5.41) is 0. The van der Waals surface area contributed by atoms with Crippen LogP contribution in [0.15, 0.2) is 0 Å². The Morgan fingerprint density at radius 2 is 1.75 bits per heavy atom. The van der Waals surface area contributed by atoms with E-state index in [1.54, 1.807) is 0 Å². The molecule has 1 atom stereocenters. The molecule has 50 valence electrons. The van der Waals surface area contributed by atoms with E-state index >= 15 is 0 Å². The van der Waals surface area contributed by atoms with E-state index in [0.717, 1.165) is 6.32 Å². The maximum Gasteiger partial charge on any atom is 0.0656 e. The molecule has 0 rings (SSSR count). The molecule has 0 saturated heterocycles. The van der Waals surface area contributed by atoms with Crippen LogP contribution in [0.4, 0.5) is 0 Å². The van der Waals surface area contributed by atoms with Crippen molar-refractivity contribution in [2.75, 3.05) is 0 Å². The SMILES string of the molecule is C.C.[B]CC(C)CC. The summed E-state index contributed by atoms with van der Waals surface area (Å²) in [6.07, 6.45) is 2.03. The molecule has 0 fully saturated rings. The monoisotopic (exact) mass is 114 g/mol. The Morgan fingerprint density at radius 3 is 1.75 bits per heavy atom. The molecular weight excluding hydrogens is 94.9 g/mol. The van der Waals surface area contributed by atoms with Gasteiger partial charge in [-0.1, -0.05) is 47.4 Å². The first kappa shape index (κ1) is 15.7. The third kappa shape index (κ3) is 9.42. The van der Waals surface area contributed by atoms with Crippen LogP contribution in [0.25, 0.3) is 0 Å². The van der Waals surface area contributed by atoms with Crippen molar-refractivity contribution in [2.45, 2.75) is 41.4 Å². The van der Waals surface area contributed by atoms with Crippen LogP contribution in [-0.2, 0) is 0 Å². The van der Waals surface area contributed by atoms with Crippen LogP contribution >= 0.6 is 0 Å². The van der Waals surface area contributed by atoms with E-state index in [4.69, 9.17) is 7.85 Å². The summed E-state index contributed by atoms with van der Waals surface area (Å²) in [6.45, 7) is 4.30. The number of hydrogen-bond donors (Lipinski definition) is 0. The van der Waals surface area contributed by atoms with Gasteiger partial charge in [0.2, 0.25) is 0 Å². The minimum Gasteiger partial charge on any atom is -0.0862 e. The smallest absolute Gasteiger partial charge is 0.0656 e. The van der Waals surface area contributed by atoms with Crippen molar-refractivity contribution < 1.29 is 0 Å². The minimum atomic E-state index is 0. The fraction of sp³-hybridized carbons (Fsp3) is 1.00. The summed E-state index contributed by atoms with van der Waals surface area (Å²) in [5.74, 6) is 0.713. The Labute approximate surface area is 56.1 Å². The zero-order valence-electron chi connectivity index (χ0n) is 4.57. The topological polar surface area (TPSA) is 0 Å². The van der Waals surface area contributed by atoms with Gasteiger partial charge in [0, 0.05) is 0 Å². The van der Waals surface area contributed by atoms with Crippen molar-refractivity contribution in [3.63, 3.8) is 0 Å². The molecule has 0 aromatic carbocycles. The van der Waals surface area contributed by atoms with Crippen molar-refractivity contribution in [2.24, 2.45) is 5.92 Å². The molecule has 1 unspecified atom stereocenters. The average molecular weight is 114 g/mol. The van der Waals surface area contributed by atoms with Gasteiger partial charge < -0.3 is 0 Å². The van der Waals surface area contributed by atoms with Crippen LogP contribution in [-0.4, -0.2) is 7.85 Å². The van der Waals surface area contributed by atoms with Crippen LogP contribution in [0, 0.1) is 5.92 Å². The molecular formula is C7H19B. The highest BCUT2D eigenvalue weighted by Gasteiger charge is 1.88. The zero-order chi connectivity index (χ0) is 4.99. The van der Waals surface area contributed by atoms with Gasteiger partial charge in [0.05, 0.1) is 7.85 Å². The van der Waals surface area contributed by atoms with Crippen LogP contribution in [0.3, 0.4) is 0 Å². The maximum absolute atomic E-state index is 5.28. The molecule has 0 bridgehead atoms. The molecule has 0 aliphatic carbocycles. The first-order valence-electron chi connectivity index (χ1n) is 2.51. The van der Waals surface area contributed by atoms with Gasteiger partial charge in [0.1, 0.15) is 0 Å². The Hall–Kier alpha value is 0.0649. The Balaban J connectivity index is -0.000000125. The van der Waals surface area contributed by atoms with Gasteiger partial charge in [-0.15, -0.1) is 0 Å². The van der Waals surface area contributed by atoms with Gasteiger partial charge in [0.25, 0.3) is 0 Å². The standard InChI is InChI=1S/C5H11B.2CH4/c1-3-5(2)4-6;;/h5H,3-4H2,1-2H3;2*1H4. The third-order valence-electron chi connectivity index (χ3n) is 1.10. The molecule has 0 aromatic heterocycles. The molecule has 8 heavy (non-hydrogen) atoms. The van der Waals surface area contributed by atoms with E-state index < -0.39 is 0 Å². The van der Waals surface area contributed by atoms with Crippen LogP contribution in [0.5, 0.6) is 0 Å². The lowest BCUT2D eigenvalue weighted by atomic mass is 9.91. The van der Waals surface area contributed by atoms with Gasteiger partial charge in [0.15, 0.2) is 0 Å². The Morgan fingerprint density at radius 1 is 1.38 bits per heavy atom. The first-order chi connectivity index (χ1) is 2.81. The summed E-state index contributed by atoms with van der Waals surface area (Å²) in [7, 11) is 5.28. The molecule has 0 aromatic rings. The molecule has 1 heteroatoms. The number of rotatable bonds is 2. The second-order valence-corrected chi connectivity index (χ2v) is 1.75. The summed E-state index contributed by atoms with van der Waals surface area (Å²) >= 11 is 0. The summed E-state index contributed by atoms with van der Waals surface area (Å²) in [6, 6.07) is 0. The summed E-state index contributed by atoms with van der Waals surface area (Å²) < 4.78 is 0. The minimum absolute atomic E-state index is 0. The fourth-order valence-electron chi connectivity index (χ4n) is 0.167. The van der Waals surface area contributed by atoms with Gasteiger partial charge in [-0.3, -0.25) is 0 Å². The predicted molar refractivity (Wildman–Crippen MR) is 43.5 cm³/mol. The van der Waals surface area contributed by atoms with E-state index in [-0.39, 0.29) is 14.9 Å². The molecule has 2 radical (unpaired) electrons. The molecule has 0 amide bonds. The molecule has 0 spiro atoms. The van der Waals surface area contributed by atoms with Crippen molar-refractivity contribution in [3.05, 3.63) is 0 Å². The van der Waals surface area contributed by atoms with Gasteiger partial charge in [-0.25, -0.2) is 0 Å². The Kier molecular flexibility index (Phi) is 19.9. The second kappa shape index (κ2) is 10.1. The van der Waals surface area contributed by atoms with Gasteiger partial charge >= 0.3 is 0 Å². The Bertz CT molecular complexity index is 23.6. The van der Waals surface area contributed by atoms with Gasteiger partial charge in [-0.2, -0.15) is 0 Å². The van der Waals surface area contributed by atoms with Crippen molar-refractivity contribution in [3.8, 4) is 0 Å². The fourth-order valence-corrected chi connectivity index (χ4v) is 0.167. The summed E-state index contributed by atoms with van der Waals surface area (Å²) in [4.78, 5) is 0. The lowest BCUT2D eigenvalue weighted by molar-refractivity contribution is 0.625. The van der Waals surface area contributed by atoms with Crippen LogP contribution in [0.1, 0.15) is 35.1 Å². The van der Waals surface area contributed by atoms with Crippen molar-refractivity contribution in [1.29, 1.82) is 0 Å². The average Bonchev–Trinajstić information content (AvgIpc) is 1.65. The van der Waals surface area contributed by atoms with Crippen molar-refractivity contribution in [1.82, 2.24) is 0 Å². The molecule has 0 N–H and O–H groups in total. The lowest BCUT2D eigenvalue weighted by Crippen LogP contribution is -1.87. The van der Waals surface area contributed by atoms with Crippen molar-refractivity contribution >= 4 is 7.85 Å². The highest BCUT2D eigenvalue weighted by atomic mass is 13.9. The lowest BCUT2D eigenvalue weighted by Gasteiger charge is -1.99. The number of hydrogen-bond acceptors (Lipinski definition) is 0. The van der Waals surface area contributed by atoms with Crippen LogP contribution in [0.2, 0.25) is 6.32 Å². The highest BCUT2D eigenvalue weighted by Crippen LogP contribution is 2.01. The van der Waals surface area contributed by atoms with Crippen LogP contribution < -0.4 is 0 Å². The predicted octanol–water partition coefficient (Wildman–Crippen LogP) is 2.89. The third-order valence-corrected chi connectivity index (χ3v) is 1.10. The molecule has 0 heterocycles. The van der Waals surface area contributed by atoms with E-state index in [1.807, 2.05) is 0 Å². The van der Waals surface area contributed by atoms with E-state index in [9.17, 15) is 0 Å². The zero-order valence-corrected chi connectivity index (χ0v) is 4.57. The quantitative estimate of drug-likeness (QED) is 0.484. The van der Waals surface area contributed by atoms with Gasteiger partial charge in [-0.05, 0) is 0 Å². The second-order valence-electron chi connectivity index (χ2n) is 1.75. The van der Waals surface area contributed by atoms with E-state index in [1.165, 1.54) is 6.42 Å². The highest BCUT2D eigenvalue weighted by molar-refractivity contribution is 6.08. The first-order valence-corrected chi connectivity index (χ1v) is 2.51. The molecule has 0 saturated carbocycles. The molecule has 0 aliphatic rings. The molecule has 0 aliphatic heterocycles. The van der Waals surface area contributed by atoms with E-state index in [0.29, 0.717) is 5.92 Å². The maximum atomic E-state index is 5.28. The largest absolute Gasteiger partial charge is 0.0862 e.